The van der Waals surface area contributed by atoms with Crippen LogP contribution in [0, 0.1) is 0 Å². The molecule has 0 radical (unpaired) electrons. The zero-order valence-electron chi connectivity index (χ0n) is 11.7. The van der Waals surface area contributed by atoms with Crippen LogP contribution < -0.4 is 10.1 Å². The lowest BCUT2D eigenvalue weighted by Gasteiger charge is -2.10. The van der Waals surface area contributed by atoms with E-state index in [9.17, 15) is 19.5 Å². The van der Waals surface area contributed by atoms with Gasteiger partial charge in [-0.2, -0.15) is 0 Å². The van der Waals surface area contributed by atoms with Crippen molar-refractivity contribution in [2.75, 3.05) is 7.11 Å². The van der Waals surface area contributed by atoms with Crippen LogP contribution in [0.4, 0.5) is 0 Å². The van der Waals surface area contributed by atoms with Crippen LogP contribution in [-0.4, -0.2) is 35.7 Å². The Morgan fingerprint density at radius 2 is 1.90 bits per heavy atom. The summed E-state index contributed by atoms with van der Waals surface area (Å²) in [4.78, 5) is 34.9. The summed E-state index contributed by atoms with van der Waals surface area (Å²) in [5.74, 6) is -1.16. The molecule has 110 valence electrons. The molecule has 1 aliphatic rings. The molecule has 1 atom stereocenters. The Bertz CT molecular complexity index is 630. The highest BCUT2D eigenvalue weighted by atomic mass is 16.5. The summed E-state index contributed by atoms with van der Waals surface area (Å²) >= 11 is 0. The average Bonchev–Trinajstić information content (AvgIpc) is 2.73. The summed E-state index contributed by atoms with van der Waals surface area (Å²) in [5.41, 5.74) is 0.164. The first-order valence-electron chi connectivity index (χ1n) is 6.36. The van der Waals surface area contributed by atoms with E-state index in [0.717, 1.165) is 0 Å². The number of hydrogen-bond acceptors (Lipinski definition) is 5. The van der Waals surface area contributed by atoms with E-state index in [2.05, 4.69) is 5.32 Å². The molecule has 0 fully saturated rings. The SMILES string of the molecule is COc1ccc(C(=O)CC2NC(=O)C(C(C)=O)=C2O)cc1. The minimum Gasteiger partial charge on any atom is -0.509 e. The molecule has 1 heterocycles. The molecule has 6 nitrogen and oxygen atoms in total. The summed E-state index contributed by atoms with van der Waals surface area (Å²) in [7, 11) is 1.52. The van der Waals surface area contributed by atoms with Gasteiger partial charge >= 0.3 is 0 Å². The maximum absolute atomic E-state index is 12.1. The van der Waals surface area contributed by atoms with Gasteiger partial charge in [-0.1, -0.05) is 0 Å². The van der Waals surface area contributed by atoms with Gasteiger partial charge in [0.2, 0.25) is 0 Å². The van der Waals surface area contributed by atoms with E-state index < -0.39 is 17.7 Å². The van der Waals surface area contributed by atoms with Gasteiger partial charge < -0.3 is 15.2 Å². The Hall–Kier alpha value is -2.63. The van der Waals surface area contributed by atoms with Gasteiger partial charge in [-0.05, 0) is 31.2 Å². The van der Waals surface area contributed by atoms with Crippen molar-refractivity contribution in [2.45, 2.75) is 19.4 Å². The normalized spacial score (nSPS) is 17.6. The molecule has 1 aromatic rings. The van der Waals surface area contributed by atoms with E-state index in [1.165, 1.54) is 14.0 Å². The number of rotatable bonds is 5. The number of carbonyl (C=O) groups is 3. The average molecular weight is 289 g/mol. The van der Waals surface area contributed by atoms with Gasteiger partial charge in [0.25, 0.3) is 5.91 Å². The van der Waals surface area contributed by atoms with E-state index in [1.807, 2.05) is 0 Å². The highest BCUT2D eigenvalue weighted by Crippen LogP contribution is 2.21. The van der Waals surface area contributed by atoms with Gasteiger partial charge in [0, 0.05) is 12.0 Å². The van der Waals surface area contributed by atoms with Crippen molar-refractivity contribution in [3.63, 3.8) is 0 Å². The van der Waals surface area contributed by atoms with Gasteiger partial charge in [-0.15, -0.1) is 0 Å². The maximum atomic E-state index is 12.1. The molecule has 0 bridgehead atoms. The summed E-state index contributed by atoms with van der Waals surface area (Å²) in [6.45, 7) is 1.19. The lowest BCUT2D eigenvalue weighted by atomic mass is 10.0. The Balaban J connectivity index is 2.13. The third-order valence-corrected chi connectivity index (χ3v) is 3.27. The van der Waals surface area contributed by atoms with Crippen molar-refractivity contribution in [3.05, 3.63) is 41.2 Å². The van der Waals surface area contributed by atoms with E-state index >= 15 is 0 Å². The van der Waals surface area contributed by atoms with Crippen LogP contribution in [0.25, 0.3) is 0 Å². The molecule has 21 heavy (non-hydrogen) atoms. The van der Waals surface area contributed by atoms with E-state index in [1.54, 1.807) is 24.3 Å². The lowest BCUT2D eigenvalue weighted by Crippen LogP contribution is -2.31. The zero-order valence-corrected chi connectivity index (χ0v) is 11.7. The Kier molecular flexibility index (Phi) is 4.07. The summed E-state index contributed by atoms with van der Waals surface area (Å²) < 4.78 is 5.00. The minimum atomic E-state index is -0.856. The number of Topliss-reactive ketones (excluding diaryl/α,β-unsaturated/α-hetero) is 2. The molecule has 1 aromatic carbocycles. The van der Waals surface area contributed by atoms with E-state index in [4.69, 9.17) is 4.74 Å². The van der Waals surface area contributed by atoms with Crippen LogP contribution in [0.1, 0.15) is 23.7 Å². The molecular formula is C15H15NO5. The van der Waals surface area contributed by atoms with Crippen molar-refractivity contribution in [1.82, 2.24) is 5.32 Å². The number of amides is 1. The van der Waals surface area contributed by atoms with Gasteiger partial charge in [-0.25, -0.2) is 0 Å². The third kappa shape index (κ3) is 2.94. The van der Waals surface area contributed by atoms with E-state index in [0.29, 0.717) is 11.3 Å². The first kappa shape index (κ1) is 14.8. The largest absolute Gasteiger partial charge is 0.509 e. The number of hydrogen-bond donors (Lipinski definition) is 2. The molecule has 0 aliphatic carbocycles. The first-order valence-corrected chi connectivity index (χ1v) is 6.36. The number of aliphatic hydroxyl groups excluding tert-OH is 1. The van der Waals surface area contributed by atoms with Crippen LogP contribution in [0.2, 0.25) is 0 Å². The Morgan fingerprint density at radius 3 is 2.38 bits per heavy atom. The molecule has 2 rings (SSSR count). The lowest BCUT2D eigenvalue weighted by molar-refractivity contribution is -0.121. The Labute approximate surface area is 121 Å². The molecule has 1 amide bonds. The van der Waals surface area contributed by atoms with Crippen molar-refractivity contribution < 1.29 is 24.2 Å². The van der Waals surface area contributed by atoms with Gasteiger partial charge in [0.1, 0.15) is 17.1 Å². The fourth-order valence-corrected chi connectivity index (χ4v) is 2.16. The number of aliphatic hydroxyl groups is 1. The second-order valence-corrected chi connectivity index (χ2v) is 4.70. The van der Waals surface area contributed by atoms with Crippen LogP contribution in [0.15, 0.2) is 35.6 Å². The third-order valence-electron chi connectivity index (χ3n) is 3.27. The molecule has 2 N–H and O–H groups in total. The van der Waals surface area contributed by atoms with E-state index in [-0.39, 0.29) is 23.5 Å². The molecular weight excluding hydrogens is 274 g/mol. The topological polar surface area (TPSA) is 92.7 Å². The number of benzene rings is 1. The highest BCUT2D eigenvalue weighted by molar-refractivity contribution is 6.20. The van der Waals surface area contributed by atoms with Crippen LogP contribution in [0.3, 0.4) is 0 Å². The number of nitrogens with one attached hydrogen (secondary N) is 1. The van der Waals surface area contributed by atoms with Gasteiger partial charge in [0.05, 0.1) is 13.2 Å². The van der Waals surface area contributed by atoms with Crippen molar-refractivity contribution >= 4 is 17.5 Å². The number of ether oxygens (including phenoxy) is 1. The summed E-state index contributed by atoms with van der Waals surface area (Å²) in [6, 6.07) is 5.65. The number of methoxy groups -OCH3 is 1. The van der Waals surface area contributed by atoms with Crippen LogP contribution in [0.5, 0.6) is 5.75 Å². The maximum Gasteiger partial charge on any atom is 0.259 e. The smallest absolute Gasteiger partial charge is 0.259 e. The molecule has 1 unspecified atom stereocenters. The molecule has 0 saturated heterocycles. The molecule has 1 aliphatic heterocycles. The fraction of sp³-hybridized carbons (Fsp3) is 0.267. The summed E-state index contributed by atoms with van der Waals surface area (Å²) in [6.07, 6.45) is -0.110. The molecule has 6 heteroatoms. The zero-order chi connectivity index (χ0) is 15.6. The second kappa shape index (κ2) is 5.78. The minimum absolute atomic E-state index is 0.110. The summed E-state index contributed by atoms with van der Waals surface area (Å²) in [5, 5.41) is 12.3. The quantitative estimate of drug-likeness (QED) is 0.627. The number of ketones is 2. The van der Waals surface area contributed by atoms with Crippen LogP contribution >= 0.6 is 0 Å². The highest BCUT2D eigenvalue weighted by Gasteiger charge is 2.35. The monoisotopic (exact) mass is 289 g/mol. The standard InChI is InChI=1S/C15H15NO5/c1-8(17)13-14(19)11(16-15(13)20)7-12(18)9-3-5-10(21-2)6-4-9/h3-6,11,19H,7H2,1-2H3,(H,16,20). The molecule has 0 saturated carbocycles. The van der Waals surface area contributed by atoms with Crippen LogP contribution in [-0.2, 0) is 9.59 Å². The predicted molar refractivity (Wildman–Crippen MR) is 74.2 cm³/mol. The van der Waals surface area contributed by atoms with Crippen molar-refractivity contribution in [2.24, 2.45) is 0 Å². The first-order chi connectivity index (χ1) is 9.93. The second-order valence-electron chi connectivity index (χ2n) is 4.70. The molecule has 0 aromatic heterocycles. The Morgan fingerprint density at radius 1 is 1.29 bits per heavy atom. The van der Waals surface area contributed by atoms with Crippen molar-refractivity contribution in [3.8, 4) is 5.75 Å². The fourth-order valence-electron chi connectivity index (χ4n) is 2.16. The van der Waals surface area contributed by atoms with Gasteiger partial charge in [-0.3, -0.25) is 14.4 Å². The predicted octanol–water partition coefficient (Wildman–Crippen LogP) is 1.17. The number of carbonyl (C=O) groups excluding carboxylic acids is 3. The van der Waals surface area contributed by atoms with Gasteiger partial charge in [0.15, 0.2) is 11.6 Å². The van der Waals surface area contributed by atoms with Crippen molar-refractivity contribution in [1.29, 1.82) is 0 Å². The molecule has 0 spiro atoms.